The predicted octanol–water partition coefficient (Wildman–Crippen LogP) is 18.3. The van der Waals surface area contributed by atoms with Crippen LogP contribution in [-0.2, 0) is 16.2 Å². The Hall–Kier alpha value is -6.18. The zero-order chi connectivity index (χ0) is 44.4. The second-order valence-electron chi connectivity index (χ2n) is 21.2. The molecule has 0 aromatic heterocycles. The van der Waals surface area contributed by atoms with Crippen molar-refractivity contribution in [2.45, 2.75) is 110 Å². The molecule has 0 aliphatic heterocycles. The van der Waals surface area contributed by atoms with E-state index in [-0.39, 0.29) is 16.2 Å². The van der Waals surface area contributed by atoms with Gasteiger partial charge in [0.05, 0.1) is 11.4 Å². The lowest BCUT2D eigenvalue weighted by Gasteiger charge is -2.32. The minimum Gasteiger partial charge on any atom is -0.309 e. The number of hydrogen-bond donors (Lipinski definition) is 0. The van der Waals surface area contributed by atoms with E-state index < -0.39 is 0 Å². The molecule has 0 amide bonds. The van der Waals surface area contributed by atoms with Gasteiger partial charge in [0.25, 0.3) is 0 Å². The lowest BCUT2D eigenvalue weighted by atomic mass is 9.78. The SMILES string of the molecule is CC(C)(C)c1cc(-c2ccccc2N(c2cccc(-c3cccc4c3C(C)(C)c3ccccc3-4)c2)c2ccccc2-c2cccc3cccc(C4CCCCC4)c23)cc(C(C)(C)C)c1. The molecular weight excluding hydrogens is 771 g/mol. The summed E-state index contributed by atoms with van der Waals surface area (Å²) in [5.74, 6) is 0.578. The highest BCUT2D eigenvalue weighted by molar-refractivity contribution is 6.04. The van der Waals surface area contributed by atoms with Crippen molar-refractivity contribution in [2.24, 2.45) is 0 Å². The fraction of sp³-hybridized carbons (Fsp3) is 0.270. The molecule has 8 aromatic rings. The maximum Gasteiger partial charge on any atom is 0.0540 e. The molecule has 0 spiro atoms. The van der Waals surface area contributed by atoms with E-state index in [1.54, 1.807) is 0 Å². The van der Waals surface area contributed by atoms with Crippen molar-refractivity contribution < 1.29 is 0 Å². The molecule has 1 fully saturated rings. The molecule has 0 radical (unpaired) electrons. The monoisotopic (exact) mass is 833 g/mol. The topological polar surface area (TPSA) is 3.24 Å². The van der Waals surface area contributed by atoms with Crippen molar-refractivity contribution in [3.8, 4) is 44.5 Å². The molecule has 1 heteroatoms. The van der Waals surface area contributed by atoms with Crippen molar-refractivity contribution in [1.82, 2.24) is 0 Å². The molecule has 64 heavy (non-hydrogen) atoms. The molecule has 2 aliphatic carbocycles. The van der Waals surface area contributed by atoms with Gasteiger partial charge in [-0.3, -0.25) is 0 Å². The van der Waals surface area contributed by atoms with Crippen molar-refractivity contribution in [2.75, 3.05) is 4.90 Å². The van der Waals surface area contributed by atoms with Crippen molar-refractivity contribution >= 4 is 27.8 Å². The molecule has 0 bridgehead atoms. The number of benzene rings is 8. The van der Waals surface area contributed by atoms with E-state index >= 15 is 0 Å². The Labute approximate surface area is 382 Å². The Morgan fingerprint density at radius 2 is 1.00 bits per heavy atom. The molecule has 0 saturated heterocycles. The van der Waals surface area contributed by atoms with Crippen LogP contribution in [0.25, 0.3) is 55.3 Å². The first-order valence-electron chi connectivity index (χ1n) is 23.8. The molecule has 2 aliphatic rings. The molecule has 0 heterocycles. The first-order valence-corrected chi connectivity index (χ1v) is 23.8. The lowest BCUT2D eigenvalue weighted by molar-refractivity contribution is 0.445. The van der Waals surface area contributed by atoms with E-state index in [0.29, 0.717) is 5.92 Å². The summed E-state index contributed by atoms with van der Waals surface area (Å²) in [7, 11) is 0. The first-order chi connectivity index (χ1) is 30.8. The normalized spacial score (nSPS) is 14.9. The molecule has 8 aromatic carbocycles. The standard InChI is InChI=1S/C63H63N/c1-61(2,3)46-38-45(39-47(41-46)62(4,5)6)49-28-13-16-36-57(49)64(48-27-18-26-44(40-48)51-32-21-34-55-52-29-12-15-35-56(52)63(7,8)60(51)55)58-37-17-14-30-53(58)54-33-20-25-43-24-19-31-50(59(43)54)42-22-10-9-11-23-42/h12-21,24-42H,9-11,22-23H2,1-8H3. The summed E-state index contributed by atoms with van der Waals surface area (Å²) in [5, 5.41) is 2.72. The van der Waals surface area contributed by atoms with Crippen LogP contribution in [0.15, 0.2) is 170 Å². The Morgan fingerprint density at radius 1 is 0.453 bits per heavy atom. The van der Waals surface area contributed by atoms with Crippen LogP contribution in [0.5, 0.6) is 0 Å². The van der Waals surface area contributed by atoms with Gasteiger partial charge in [-0.1, -0.05) is 220 Å². The number of nitrogens with zero attached hydrogens (tertiary/aromatic N) is 1. The second kappa shape index (κ2) is 16.1. The highest BCUT2D eigenvalue weighted by Crippen LogP contribution is 2.53. The maximum absolute atomic E-state index is 2.57. The zero-order valence-electron chi connectivity index (χ0n) is 39.2. The molecule has 0 atom stereocenters. The van der Waals surface area contributed by atoms with E-state index in [0.717, 1.165) is 11.4 Å². The average Bonchev–Trinajstić information content (AvgIpc) is 3.54. The summed E-state index contributed by atoms with van der Waals surface area (Å²) in [5.41, 5.74) is 20.5. The Balaban J connectivity index is 1.23. The Morgan fingerprint density at radius 3 is 1.70 bits per heavy atom. The summed E-state index contributed by atoms with van der Waals surface area (Å²) in [4.78, 5) is 2.57. The number of rotatable bonds is 7. The van der Waals surface area contributed by atoms with Gasteiger partial charge in [-0.05, 0) is 126 Å². The van der Waals surface area contributed by atoms with E-state index in [1.165, 1.54) is 121 Å². The summed E-state index contributed by atoms with van der Waals surface area (Å²) >= 11 is 0. The fourth-order valence-electron chi connectivity index (χ4n) is 11.1. The van der Waals surface area contributed by atoms with Gasteiger partial charge in [0.15, 0.2) is 0 Å². The van der Waals surface area contributed by atoms with Gasteiger partial charge >= 0.3 is 0 Å². The summed E-state index contributed by atoms with van der Waals surface area (Å²) in [6, 6.07) is 64.9. The smallest absolute Gasteiger partial charge is 0.0540 e. The van der Waals surface area contributed by atoms with Crippen LogP contribution in [0.3, 0.4) is 0 Å². The Bertz CT molecular complexity index is 2990. The molecule has 1 nitrogen and oxygen atoms in total. The minimum atomic E-state index is -0.134. The van der Waals surface area contributed by atoms with Gasteiger partial charge < -0.3 is 4.90 Å². The highest BCUT2D eigenvalue weighted by atomic mass is 15.1. The molecule has 1 saturated carbocycles. The van der Waals surface area contributed by atoms with Crippen molar-refractivity contribution in [1.29, 1.82) is 0 Å². The van der Waals surface area contributed by atoms with Gasteiger partial charge in [-0.2, -0.15) is 0 Å². The maximum atomic E-state index is 2.57. The number of para-hydroxylation sites is 2. The molecule has 10 rings (SSSR count). The highest BCUT2D eigenvalue weighted by Gasteiger charge is 2.37. The average molecular weight is 834 g/mol. The quantitative estimate of drug-likeness (QED) is 0.155. The first kappa shape index (κ1) is 41.8. The number of anilines is 3. The third-order valence-corrected chi connectivity index (χ3v) is 14.5. The molecular formula is C63H63N. The van der Waals surface area contributed by atoms with Crippen LogP contribution >= 0.6 is 0 Å². The minimum absolute atomic E-state index is 0.0145. The zero-order valence-corrected chi connectivity index (χ0v) is 39.2. The van der Waals surface area contributed by atoms with Gasteiger partial charge in [0.1, 0.15) is 0 Å². The van der Waals surface area contributed by atoms with Crippen LogP contribution in [-0.4, -0.2) is 0 Å². The lowest BCUT2D eigenvalue weighted by Crippen LogP contribution is -2.17. The van der Waals surface area contributed by atoms with Crippen LogP contribution in [0, 0.1) is 0 Å². The predicted molar refractivity (Wildman–Crippen MR) is 276 cm³/mol. The number of fused-ring (bicyclic) bond motifs is 4. The molecule has 0 unspecified atom stereocenters. The Kier molecular flexibility index (Phi) is 10.5. The second-order valence-corrected chi connectivity index (χ2v) is 21.2. The third-order valence-electron chi connectivity index (χ3n) is 14.5. The van der Waals surface area contributed by atoms with E-state index in [1.807, 2.05) is 0 Å². The summed E-state index contributed by atoms with van der Waals surface area (Å²) in [6.07, 6.45) is 6.48. The number of hydrogen-bond acceptors (Lipinski definition) is 1. The van der Waals surface area contributed by atoms with Gasteiger partial charge in [0, 0.05) is 22.2 Å². The largest absolute Gasteiger partial charge is 0.309 e. The van der Waals surface area contributed by atoms with Gasteiger partial charge in [-0.15, -0.1) is 0 Å². The van der Waals surface area contributed by atoms with Gasteiger partial charge in [0.2, 0.25) is 0 Å². The molecule has 320 valence electrons. The van der Waals surface area contributed by atoms with E-state index in [9.17, 15) is 0 Å². The van der Waals surface area contributed by atoms with Crippen molar-refractivity contribution in [3.63, 3.8) is 0 Å². The van der Waals surface area contributed by atoms with E-state index in [2.05, 4.69) is 230 Å². The fourth-order valence-corrected chi connectivity index (χ4v) is 11.1. The van der Waals surface area contributed by atoms with E-state index in [4.69, 9.17) is 0 Å². The van der Waals surface area contributed by atoms with Gasteiger partial charge in [-0.25, -0.2) is 0 Å². The summed E-state index contributed by atoms with van der Waals surface area (Å²) in [6.45, 7) is 18.8. The third kappa shape index (κ3) is 7.37. The van der Waals surface area contributed by atoms with Crippen LogP contribution in [0.2, 0.25) is 0 Å². The van der Waals surface area contributed by atoms with Crippen LogP contribution in [0.4, 0.5) is 17.1 Å². The summed E-state index contributed by atoms with van der Waals surface area (Å²) < 4.78 is 0. The molecule has 0 N–H and O–H groups in total. The van der Waals surface area contributed by atoms with Crippen LogP contribution in [0.1, 0.15) is 121 Å². The van der Waals surface area contributed by atoms with Crippen LogP contribution < -0.4 is 4.90 Å². The van der Waals surface area contributed by atoms with Crippen molar-refractivity contribution in [3.05, 3.63) is 198 Å².